The van der Waals surface area contributed by atoms with Crippen LogP contribution in [0.15, 0.2) is 42.6 Å². The number of ether oxygens (including phenoxy) is 1. The molecule has 8 nitrogen and oxygen atoms in total. The van der Waals surface area contributed by atoms with Crippen LogP contribution in [0.1, 0.15) is 39.3 Å². The van der Waals surface area contributed by atoms with E-state index in [1.165, 1.54) is 27.4 Å². The number of benzene rings is 1. The number of thiophene rings is 2. The third-order valence-corrected chi connectivity index (χ3v) is 8.30. The number of carboxylic acid groups (broad SMARTS) is 1. The molecular weight excluding hydrogens is 484 g/mol. The van der Waals surface area contributed by atoms with E-state index in [0.717, 1.165) is 19.8 Å². The van der Waals surface area contributed by atoms with E-state index in [2.05, 4.69) is 28.3 Å². The molecule has 1 saturated carbocycles. The molecule has 174 valence electrons. The molecule has 2 N–H and O–H groups in total. The molecule has 3 heterocycles. The Kier molecular flexibility index (Phi) is 5.77. The number of rotatable bonds is 5. The maximum atomic E-state index is 12.3. The molecule has 1 aliphatic carbocycles. The zero-order valence-corrected chi connectivity index (χ0v) is 20.1. The average Bonchev–Trinajstić information content (AvgIpc) is 3.32. The number of amides is 1. The van der Waals surface area contributed by atoms with Crippen LogP contribution < -0.4 is 5.32 Å². The van der Waals surface area contributed by atoms with Crippen molar-refractivity contribution < 1.29 is 19.4 Å². The minimum absolute atomic E-state index is 0.143. The molecule has 0 radical (unpaired) electrons. The first-order valence-corrected chi connectivity index (χ1v) is 12.3. The van der Waals surface area contributed by atoms with Crippen LogP contribution in [0.25, 0.3) is 9.40 Å². The zero-order valence-electron chi connectivity index (χ0n) is 18.5. The first-order valence-electron chi connectivity index (χ1n) is 10.6. The Bertz CT molecular complexity index is 1560. The molecule has 3 aromatic heterocycles. The van der Waals surface area contributed by atoms with Crippen molar-refractivity contribution in [2.45, 2.75) is 24.9 Å². The third-order valence-electron chi connectivity index (χ3n) is 5.76. The molecule has 1 amide bonds. The molecule has 0 unspecified atom stereocenters. The SMILES string of the molecule is Cn1ncc(C#Cc2cc3sc(C4(C(=O)O)CC4)c(C#N)c3s2)c1NC(=O)OCc1ccccc1. The lowest BCUT2D eigenvalue weighted by Gasteiger charge is -2.07. The number of carbonyl (C=O) groups is 2. The van der Waals surface area contributed by atoms with Gasteiger partial charge in [0.05, 0.1) is 26.9 Å². The maximum Gasteiger partial charge on any atom is 0.413 e. The Labute approximate surface area is 208 Å². The molecule has 1 fully saturated rings. The van der Waals surface area contributed by atoms with Crippen molar-refractivity contribution in [2.75, 3.05) is 5.32 Å². The van der Waals surface area contributed by atoms with E-state index in [0.29, 0.717) is 34.7 Å². The van der Waals surface area contributed by atoms with Crippen molar-refractivity contribution in [1.29, 1.82) is 5.26 Å². The van der Waals surface area contributed by atoms with E-state index in [-0.39, 0.29) is 6.61 Å². The third kappa shape index (κ3) is 4.26. The summed E-state index contributed by atoms with van der Waals surface area (Å²) < 4.78 is 8.40. The minimum Gasteiger partial charge on any atom is -0.481 e. The molecule has 0 spiro atoms. The number of aromatic nitrogens is 2. The number of aryl methyl sites for hydroxylation is 1. The van der Waals surface area contributed by atoms with E-state index in [1.54, 1.807) is 13.2 Å². The van der Waals surface area contributed by atoms with Gasteiger partial charge in [0, 0.05) is 16.6 Å². The molecule has 10 heteroatoms. The lowest BCUT2D eigenvalue weighted by atomic mass is 10.0. The maximum absolute atomic E-state index is 12.3. The summed E-state index contributed by atoms with van der Waals surface area (Å²) in [4.78, 5) is 25.4. The van der Waals surface area contributed by atoms with E-state index >= 15 is 0 Å². The largest absolute Gasteiger partial charge is 0.481 e. The van der Waals surface area contributed by atoms with Crippen molar-refractivity contribution in [3.05, 3.63) is 69.0 Å². The number of anilines is 1. The topological polar surface area (TPSA) is 117 Å². The highest BCUT2D eigenvalue weighted by Crippen LogP contribution is 2.54. The van der Waals surface area contributed by atoms with Gasteiger partial charge >= 0.3 is 12.1 Å². The first-order chi connectivity index (χ1) is 16.9. The van der Waals surface area contributed by atoms with E-state index in [4.69, 9.17) is 4.74 Å². The summed E-state index contributed by atoms with van der Waals surface area (Å²) in [5, 5.41) is 26.2. The summed E-state index contributed by atoms with van der Waals surface area (Å²) >= 11 is 2.72. The van der Waals surface area contributed by atoms with Gasteiger partial charge in [-0.2, -0.15) is 10.4 Å². The molecular formula is C25H18N4O4S2. The number of fused-ring (bicyclic) bond motifs is 1. The molecule has 4 aromatic rings. The predicted octanol–water partition coefficient (Wildman–Crippen LogP) is 4.83. The summed E-state index contributed by atoms with van der Waals surface area (Å²) in [7, 11) is 1.69. The first kappa shape index (κ1) is 22.7. The van der Waals surface area contributed by atoms with Gasteiger partial charge in [0.15, 0.2) is 0 Å². The highest BCUT2D eigenvalue weighted by atomic mass is 32.1. The number of aliphatic carboxylic acids is 1. The van der Waals surface area contributed by atoms with Crippen LogP contribution in [0, 0.1) is 23.2 Å². The molecule has 0 saturated heterocycles. The Hall–Kier alpha value is -4.12. The zero-order chi connectivity index (χ0) is 24.6. The number of carbonyl (C=O) groups excluding carboxylic acids is 1. The minimum atomic E-state index is -0.911. The number of nitriles is 1. The summed E-state index contributed by atoms with van der Waals surface area (Å²) in [6.45, 7) is 0.143. The fourth-order valence-electron chi connectivity index (χ4n) is 3.71. The molecule has 0 aliphatic heterocycles. The normalized spacial score (nSPS) is 13.5. The van der Waals surface area contributed by atoms with Crippen molar-refractivity contribution in [3.8, 4) is 17.9 Å². The second-order valence-corrected chi connectivity index (χ2v) is 10.2. The molecule has 5 rings (SSSR count). The van der Waals surface area contributed by atoms with Gasteiger partial charge in [0.2, 0.25) is 0 Å². The van der Waals surface area contributed by atoms with Gasteiger partial charge in [0.25, 0.3) is 0 Å². The van der Waals surface area contributed by atoms with Crippen LogP contribution in [-0.4, -0.2) is 26.9 Å². The van der Waals surface area contributed by atoms with Crippen LogP contribution in [-0.2, 0) is 28.6 Å². The summed E-state index contributed by atoms with van der Waals surface area (Å²) in [5.41, 5.74) is 0.921. The van der Waals surface area contributed by atoms with E-state index in [1.807, 2.05) is 36.4 Å². The summed E-state index contributed by atoms with van der Waals surface area (Å²) in [5.74, 6) is 5.64. The quantitative estimate of drug-likeness (QED) is 0.378. The smallest absolute Gasteiger partial charge is 0.413 e. The van der Waals surface area contributed by atoms with Gasteiger partial charge in [-0.15, -0.1) is 22.7 Å². The predicted molar refractivity (Wildman–Crippen MR) is 132 cm³/mol. The Balaban J connectivity index is 1.35. The number of nitrogens with one attached hydrogen (secondary N) is 1. The van der Waals surface area contributed by atoms with Crippen LogP contribution in [0.2, 0.25) is 0 Å². The van der Waals surface area contributed by atoms with Gasteiger partial charge in [-0.1, -0.05) is 42.2 Å². The second-order valence-electron chi connectivity index (χ2n) is 8.08. The fraction of sp³-hybridized carbons (Fsp3) is 0.200. The number of hydrogen-bond acceptors (Lipinski definition) is 7. The standard InChI is InChI=1S/C25H18N4O4S2/c1-29-22(28-24(32)33-14-15-5-3-2-4-6-15)16(13-27-29)7-8-17-11-19-20(34-17)18(12-26)21(35-19)25(9-10-25)23(30)31/h2-6,11,13H,9-10,14H2,1H3,(H,28,32)(H,30,31). The van der Waals surface area contributed by atoms with Gasteiger partial charge < -0.3 is 9.84 Å². The summed E-state index contributed by atoms with van der Waals surface area (Å²) in [6, 6.07) is 13.4. The average molecular weight is 503 g/mol. The van der Waals surface area contributed by atoms with Crippen molar-refractivity contribution in [3.63, 3.8) is 0 Å². The lowest BCUT2D eigenvalue weighted by molar-refractivity contribution is -0.139. The second kappa shape index (κ2) is 8.91. The lowest BCUT2D eigenvalue weighted by Crippen LogP contribution is -2.19. The monoisotopic (exact) mass is 502 g/mol. The Morgan fingerprint density at radius 3 is 2.71 bits per heavy atom. The highest BCUT2D eigenvalue weighted by molar-refractivity contribution is 7.28. The number of hydrogen-bond donors (Lipinski definition) is 2. The molecule has 35 heavy (non-hydrogen) atoms. The van der Waals surface area contributed by atoms with Crippen LogP contribution in [0.5, 0.6) is 0 Å². The fourth-order valence-corrected chi connectivity index (χ4v) is 6.34. The van der Waals surface area contributed by atoms with E-state index in [9.17, 15) is 20.0 Å². The van der Waals surface area contributed by atoms with Gasteiger partial charge in [-0.25, -0.2) is 4.79 Å². The van der Waals surface area contributed by atoms with Gasteiger partial charge in [-0.3, -0.25) is 14.8 Å². The van der Waals surface area contributed by atoms with Crippen molar-refractivity contribution in [1.82, 2.24) is 9.78 Å². The number of nitrogens with zero attached hydrogens (tertiary/aromatic N) is 3. The van der Waals surface area contributed by atoms with Crippen molar-refractivity contribution in [2.24, 2.45) is 7.05 Å². The Morgan fingerprint density at radius 1 is 1.26 bits per heavy atom. The number of carboxylic acids is 1. The van der Waals surface area contributed by atoms with Crippen LogP contribution in [0.4, 0.5) is 10.6 Å². The highest BCUT2D eigenvalue weighted by Gasteiger charge is 2.54. The molecule has 1 aromatic carbocycles. The van der Waals surface area contributed by atoms with Gasteiger partial charge in [0.1, 0.15) is 23.9 Å². The van der Waals surface area contributed by atoms with E-state index < -0.39 is 17.5 Å². The van der Waals surface area contributed by atoms with Crippen LogP contribution in [0.3, 0.4) is 0 Å². The van der Waals surface area contributed by atoms with Crippen LogP contribution >= 0.6 is 22.7 Å². The summed E-state index contributed by atoms with van der Waals surface area (Å²) in [6.07, 6.45) is 2.05. The van der Waals surface area contributed by atoms with Crippen molar-refractivity contribution >= 4 is 50.0 Å². The van der Waals surface area contributed by atoms with Gasteiger partial charge in [-0.05, 0) is 24.5 Å². The molecule has 0 bridgehead atoms. The Morgan fingerprint density at radius 2 is 2.03 bits per heavy atom. The molecule has 1 aliphatic rings. The molecule has 0 atom stereocenters.